The maximum absolute atomic E-state index is 12.3. The van der Waals surface area contributed by atoms with Crippen molar-refractivity contribution in [2.45, 2.75) is 20.5 Å². The average Bonchev–Trinajstić information content (AvgIpc) is 2.65. The number of benzene rings is 2. The van der Waals surface area contributed by atoms with E-state index in [4.69, 9.17) is 26.8 Å². The Hall–Kier alpha value is -2.73. The molecule has 0 aliphatic rings. The van der Waals surface area contributed by atoms with Gasteiger partial charge in [-0.05, 0) is 38.1 Å². The molecule has 0 saturated heterocycles. The summed E-state index contributed by atoms with van der Waals surface area (Å²) in [6, 6.07) is 12.2. The average molecular weight is 391 g/mol. The SMILES string of the molecule is COc1cc(C(=O)NCC(C)(C)C(N)=O)ccc1OCc1ccccc1Cl. The molecule has 0 aromatic heterocycles. The minimum Gasteiger partial charge on any atom is -0.493 e. The zero-order valence-electron chi connectivity index (χ0n) is 15.5. The van der Waals surface area contributed by atoms with Gasteiger partial charge in [-0.3, -0.25) is 9.59 Å². The van der Waals surface area contributed by atoms with E-state index in [1.54, 1.807) is 38.1 Å². The highest BCUT2D eigenvalue weighted by Crippen LogP contribution is 2.29. The zero-order chi connectivity index (χ0) is 20.0. The van der Waals surface area contributed by atoms with Crippen LogP contribution in [-0.4, -0.2) is 25.5 Å². The third kappa shape index (κ3) is 5.37. The second kappa shape index (κ2) is 8.77. The Morgan fingerprint density at radius 1 is 1.15 bits per heavy atom. The second-order valence-electron chi connectivity index (χ2n) is 6.68. The van der Waals surface area contributed by atoms with Gasteiger partial charge in [-0.25, -0.2) is 0 Å². The maximum Gasteiger partial charge on any atom is 0.251 e. The van der Waals surface area contributed by atoms with Crippen LogP contribution < -0.4 is 20.5 Å². The number of nitrogens with one attached hydrogen (secondary N) is 1. The Kier molecular flexibility index (Phi) is 6.69. The molecule has 3 N–H and O–H groups in total. The van der Waals surface area contributed by atoms with Gasteiger partial charge in [0.25, 0.3) is 5.91 Å². The largest absolute Gasteiger partial charge is 0.493 e. The smallest absolute Gasteiger partial charge is 0.251 e. The van der Waals surface area contributed by atoms with Crippen LogP contribution in [0.25, 0.3) is 0 Å². The van der Waals surface area contributed by atoms with E-state index in [1.165, 1.54) is 7.11 Å². The molecular weight excluding hydrogens is 368 g/mol. The fourth-order valence-corrected chi connectivity index (χ4v) is 2.38. The number of amides is 2. The minimum atomic E-state index is -0.836. The van der Waals surface area contributed by atoms with Crippen LogP contribution in [-0.2, 0) is 11.4 Å². The molecular formula is C20H23ClN2O4. The van der Waals surface area contributed by atoms with E-state index in [1.807, 2.05) is 18.2 Å². The van der Waals surface area contributed by atoms with Crippen molar-refractivity contribution >= 4 is 23.4 Å². The first-order chi connectivity index (χ1) is 12.7. The van der Waals surface area contributed by atoms with Crippen molar-refractivity contribution in [2.75, 3.05) is 13.7 Å². The molecule has 2 amide bonds. The predicted molar refractivity (Wildman–Crippen MR) is 104 cm³/mol. The molecule has 144 valence electrons. The molecule has 0 saturated carbocycles. The maximum atomic E-state index is 12.3. The Labute approximate surface area is 163 Å². The summed E-state index contributed by atoms with van der Waals surface area (Å²) in [4.78, 5) is 23.7. The molecule has 6 nitrogen and oxygen atoms in total. The van der Waals surface area contributed by atoms with Crippen LogP contribution in [0.5, 0.6) is 11.5 Å². The van der Waals surface area contributed by atoms with Gasteiger partial charge in [0.2, 0.25) is 5.91 Å². The first-order valence-electron chi connectivity index (χ1n) is 8.37. The van der Waals surface area contributed by atoms with Gasteiger partial charge in [0.1, 0.15) is 6.61 Å². The van der Waals surface area contributed by atoms with Gasteiger partial charge in [0.05, 0.1) is 12.5 Å². The molecule has 0 spiro atoms. The van der Waals surface area contributed by atoms with E-state index >= 15 is 0 Å². The number of ether oxygens (including phenoxy) is 2. The molecule has 2 aromatic rings. The lowest BCUT2D eigenvalue weighted by Gasteiger charge is -2.21. The lowest BCUT2D eigenvalue weighted by atomic mass is 9.92. The number of rotatable bonds is 8. The van der Waals surface area contributed by atoms with E-state index in [0.717, 1.165) is 5.56 Å². The van der Waals surface area contributed by atoms with Crippen molar-refractivity contribution < 1.29 is 19.1 Å². The summed E-state index contributed by atoms with van der Waals surface area (Å²) in [6.45, 7) is 3.74. The molecule has 7 heteroatoms. The highest BCUT2D eigenvalue weighted by Gasteiger charge is 2.25. The van der Waals surface area contributed by atoms with Crippen molar-refractivity contribution in [3.63, 3.8) is 0 Å². The number of carbonyl (C=O) groups excluding carboxylic acids is 2. The normalized spacial score (nSPS) is 11.0. The number of primary amides is 1. The van der Waals surface area contributed by atoms with Gasteiger partial charge in [0, 0.05) is 22.7 Å². The molecule has 0 atom stereocenters. The first kappa shape index (κ1) is 20.6. The summed E-state index contributed by atoms with van der Waals surface area (Å²) in [6.07, 6.45) is 0. The van der Waals surface area contributed by atoms with E-state index < -0.39 is 11.3 Å². The standard InChI is InChI=1S/C20H23ClN2O4/c1-20(2,19(22)25)12-23-18(24)13-8-9-16(17(10-13)26-3)27-11-14-6-4-5-7-15(14)21/h4-10H,11-12H2,1-3H3,(H2,22,25)(H,23,24). The number of hydrogen-bond donors (Lipinski definition) is 2. The highest BCUT2D eigenvalue weighted by molar-refractivity contribution is 6.31. The number of methoxy groups -OCH3 is 1. The van der Waals surface area contributed by atoms with E-state index in [-0.39, 0.29) is 19.1 Å². The summed E-state index contributed by atoms with van der Waals surface area (Å²) in [5, 5.41) is 3.32. The van der Waals surface area contributed by atoms with Crippen molar-refractivity contribution in [1.29, 1.82) is 0 Å². The molecule has 0 radical (unpaired) electrons. The highest BCUT2D eigenvalue weighted by atomic mass is 35.5. The second-order valence-corrected chi connectivity index (χ2v) is 7.08. The van der Waals surface area contributed by atoms with Gasteiger partial charge in [-0.15, -0.1) is 0 Å². The number of hydrogen-bond acceptors (Lipinski definition) is 4. The van der Waals surface area contributed by atoms with Gasteiger partial charge >= 0.3 is 0 Å². The lowest BCUT2D eigenvalue weighted by Crippen LogP contribution is -2.42. The summed E-state index contributed by atoms with van der Waals surface area (Å²) in [5.74, 6) is 0.0966. The molecule has 0 aliphatic carbocycles. The Morgan fingerprint density at radius 2 is 1.85 bits per heavy atom. The van der Waals surface area contributed by atoms with Gasteiger partial charge in [-0.1, -0.05) is 29.8 Å². The number of carbonyl (C=O) groups is 2. The number of nitrogens with two attached hydrogens (primary N) is 1. The molecule has 0 bridgehead atoms. The van der Waals surface area contributed by atoms with Crippen LogP contribution in [0, 0.1) is 5.41 Å². The molecule has 0 fully saturated rings. The molecule has 2 aromatic carbocycles. The first-order valence-corrected chi connectivity index (χ1v) is 8.75. The third-order valence-corrected chi connectivity index (χ3v) is 4.49. The Morgan fingerprint density at radius 3 is 2.48 bits per heavy atom. The van der Waals surface area contributed by atoms with Gasteiger partial charge in [0.15, 0.2) is 11.5 Å². The molecule has 2 rings (SSSR count). The quantitative estimate of drug-likeness (QED) is 0.724. The van der Waals surface area contributed by atoms with Crippen LogP contribution >= 0.6 is 11.6 Å². The van der Waals surface area contributed by atoms with E-state index in [0.29, 0.717) is 22.1 Å². The van der Waals surface area contributed by atoms with Crippen molar-refractivity contribution in [1.82, 2.24) is 5.32 Å². The van der Waals surface area contributed by atoms with Crippen LogP contribution in [0.15, 0.2) is 42.5 Å². The monoisotopic (exact) mass is 390 g/mol. The number of halogens is 1. The van der Waals surface area contributed by atoms with Crippen LogP contribution in [0.1, 0.15) is 29.8 Å². The minimum absolute atomic E-state index is 0.133. The van der Waals surface area contributed by atoms with E-state index in [9.17, 15) is 9.59 Å². The lowest BCUT2D eigenvalue weighted by molar-refractivity contribution is -0.125. The summed E-state index contributed by atoms with van der Waals surface area (Å²) >= 11 is 6.13. The van der Waals surface area contributed by atoms with Crippen LogP contribution in [0.2, 0.25) is 5.02 Å². The van der Waals surface area contributed by atoms with E-state index in [2.05, 4.69) is 5.32 Å². The van der Waals surface area contributed by atoms with Gasteiger partial charge < -0.3 is 20.5 Å². The molecule has 0 heterocycles. The summed E-state index contributed by atoms with van der Waals surface area (Å²) in [5.41, 5.74) is 5.71. The van der Waals surface area contributed by atoms with Crippen molar-refractivity contribution in [3.8, 4) is 11.5 Å². The topological polar surface area (TPSA) is 90.6 Å². The molecule has 0 aliphatic heterocycles. The summed E-state index contributed by atoms with van der Waals surface area (Å²) < 4.78 is 11.1. The third-order valence-electron chi connectivity index (χ3n) is 4.12. The van der Waals surface area contributed by atoms with Crippen molar-refractivity contribution in [2.24, 2.45) is 11.1 Å². The zero-order valence-corrected chi connectivity index (χ0v) is 16.3. The van der Waals surface area contributed by atoms with Crippen molar-refractivity contribution in [3.05, 3.63) is 58.6 Å². The Bertz CT molecular complexity index is 836. The Balaban J connectivity index is 2.08. The fraction of sp³-hybridized carbons (Fsp3) is 0.300. The predicted octanol–water partition coefficient (Wildman–Crippen LogP) is 3.17. The molecule has 0 unspecified atom stereocenters. The fourth-order valence-electron chi connectivity index (χ4n) is 2.19. The van der Waals surface area contributed by atoms with Crippen LogP contribution in [0.3, 0.4) is 0 Å². The molecule has 27 heavy (non-hydrogen) atoms. The van der Waals surface area contributed by atoms with Crippen LogP contribution in [0.4, 0.5) is 0 Å². The van der Waals surface area contributed by atoms with Gasteiger partial charge in [-0.2, -0.15) is 0 Å². The summed E-state index contributed by atoms with van der Waals surface area (Å²) in [7, 11) is 1.50.